The van der Waals surface area contributed by atoms with Gasteiger partial charge >= 0.3 is 0 Å². The van der Waals surface area contributed by atoms with Crippen LogP contribution in [0.5, 0.6) is 0 Å². The topological polar surface area (TPSA) is 111 Å². The Labute approximate surface area is 350 Å². The molecule has 0 radical (unpaired) electrons. The van der Waals surface area contributed by atoms with Crippen LogP contribution < -0.4 is 0 Å². The first-order chi connectivity index (χ1) is 27.6. The molecule has 0 heterocycles. The number of ether oxygens (including phenoxy) is 12. The molecule has 0 saturated carbocycles. The van der Waals surface area contributed by atoms with E-state index in [9.17, 15) is 0 Å². The average Bonchev–Trinajstić information content (AvgIpc) is 3.17. The van der Waals surface area contributed by atoms with E-state index in [0.717, 1.165) is 77.0 Å². The van der Waals surface area contributed by atoms with Crippen LogP contribution in [-0.2, 0) is 56.8 Å². The van der Waals surface area contributed by atoms with Crippen molar-refractivity contribution in [1.82, 2.24) is 0 Å². The van der Waals surface area contributed by atoms with Crippen LogP contribution >= 0.6 is 0 Å². The first-order valence-electron chi connectivity index (χ1n) is 23.3. The molecule has 2 atom stereocenters. The van der Waals surface area contributed by atoms with Gasteiger partial charge in [0, 0.05) is 92.1 Å². The van der Waals surface area contributed by atoms with Crippen molar-refractivity contribution < 1.29 is 56.8 Å². The molecule has 0 bridgehead atoms. The first-order valence-corrected chi connectivity index (χ1v) is 23.3. The van der Waals surface area contributed by atoms with Crippen molar-refractivity contribution in [3.8, 4) is 0 Å². The summed E-state index contributed by atoms with van der Waals surface area (Å²) < 4.78 is 75.4. The fourth-order valence-electron chi connectivity index (χ4n) is 7.88. The lowest BCUT2D eigenvalue weighted by molar-refractivity contribution is -0.380. The second kappa shape index (κ2) is 35.2. The van der Waals surface area contributed by atoms with Gasteiger partial charge in [-0.15, -0.1) is 0 Å². The molecule has 344 valence electrons. The van der Waals surface area contributed by atoms with Crippen molar-refractivity contribution >= 4 is 0 Å². The number of hydrogen-bond donors (Lipinski definition) is 0. The Morgan fingerprint density at radius 2 is 0.526 bits per heavy atom. The van der Waals surface area contributed by atoms with E-state index in [4.69, 9.17) is 56.8 Å². The molecule has 0 aromatic heterocycles. The number of unbranched alkanes of at least 4 members (excludes halogenated alkanes) is 8. The van der Waals surface area contributed by atoms with Gasteiger partial charge in [-0.1, -0.05) is 51.4 Å². The normalized spacial score (nSPS) is 14.1. The molecular formula is C45H92O12. The highest BCUT2D eigenvalue weighted by molar-refractivity contribution is 4.93. The van der Waals surface area contributed by atoms with Crippen LogP contribution in [0.2, 0.25) is 0 Å². The molecule has 0 rings (SSSR count). The zero-order chi connectivity index (χ0) is 42.7. The molecule has 0 saturated heterocycles. The minimum absolute atomic E-state index is 0.321. The van der Waals surface area contributed by atoms with E-state index in [-0.39, 0.29) is 12.2 Å². The molecule has 0 aliphatic heterocycles. The fourth-order valence-corrected chi connectivity index (χ4v) is 7.88. The van der Waals surface area contributed by atoms with Gasteiger partial charge < -0.3 is 56.8 Å². The van der Waals surface area contributed by atoms with Gasteiger partial charge in [0.2, 0.25) is 0 Å². The molecule has 2 unspecified atom stereocenters. The summed E-state index contributed by atoms with van der Waals surface area (Å²) in [7, 11) is 0. The van der Waals surface area contributed by atoms with Crippen molar-refractivity contribution in [2.24, 2.45) is 0 Å². The van der Waals surface area contributed by atoms with Gasteiger partial charge in [-0.3, -0.25) is 0 Å². The summed E-state index contributed by atoms with van der Waals surface area (Å²) in [6, 6.07) is 0. The van der Waals surface area contributed by atoms with E-state index in [1.165, 1.54) is 0 Å². The minimum atomic E-state index is -1.10. The molecule has 12 nitrogen and oxygen atoms in total. The van der Waals surface area contributed by atoms with Gasteiger partial charge in [0.15, 0.2) is 11.6 Å². The molecule has 0 N–H and O–H groups in total. The molecule has 0 fully saturated rings. The summed E-state index contributed by atoms with van der Waals surface area (Å²) in [4.78, 5) is 0. The van der Waals surface area contributed by atoms with Gasteiger partial charge in [0.1, 0.15) is 12.2 Å². The molecule has 0 aliphatic carbocycles. The summed E-state index contributed by atoms with van der Waals surface area (Å²) in [5.41, 5.74) is 0. The summed E-state index contributed by atoms with van der Waals surface area (Å²) >= 11 is 0. The SMILES string of the molecule is CCOC(CCCCCCCC(OCC)(OCC)OCC)C(CC(OCC)(OCC)C(CCCCCCCC(OCC)(OCC)OCC)OCC)(OCC)OCC. The Bertz CT molecular complexity index is 763. The molecular weight excluding hydrogens is 732 g/mol. The molecule has 0 spiro atoms. The van der Waals surface area contributed by atoms with Crippen LogP contribution in [-0.4, -0.2) is 115 Å². The maximum absolute atomic E-state index is 6.68. The first kappa shape index (κ1) is 56.5. The molecule has 0 aromatic carbocycles. The Kier molecular flexibility index (Phi) is 34.9. The van der Waals surface area contributed by atoms with E-state index in [1.807, 2.05) is 83.1 Å². The highest BCUT2D eigenvalue weighted by atomic mass is 16.9. The summed E-state index contributed by atoms with van der Waals surface area (Å²) in [5, 5.41) is 0. The third kappa shape index (κ3) is 21.7. The Balaban J connectivity index is 5.93. The van der Waals surface area contributed by atoms with E-state index >= 15 is 0 Å². The Morgan fingerprint density at radius 1 is 0.281 bits per heavy atom. The quantitative estimate of drug-likeness (QED) is 0.0431. The van der Waals surface area contributed by atoms with E-state index in [0.29, 0.717) is 98.5 Å². The molecule has 12 heteroatoms. The third-order valence-electron chi connectivity index (χ3n) is 9.85. The standard InChI is InChI=1S/C45H92O12/c1-13-46-40(35-31-27-25-29-33-37-44(52-19-7,53-20-8)54-21-9)42(48-15-3,49-16-4)39-43(50-17-5,51-18-6)41(47-14-2)36-32-28-26-30-34-38-45(55-22-10,56-23-11)57-24-12/h40-41H,13-39H2,1-12H3. The zero-order valence-corrected chi connectivity index (χ0v) is 39.1. The van der Waals surface area contributed by atoms with Crippen LogP contribution in [0.1, 0.15) is 179 Å². The van der Waals surface area contributed by atoms with Gasteiger partial charge in [-0.25, -0.2) is 0 Å². The third-order valence-corrected chi connectivity index (χ3v) is 9.85. The lowest BCUT2D eigenvalue weighted by Gasteiger charge is -2.48. The van der Waals surface area contributed by atoms with E-state index < -0.39 is 23.5 Å². The zero-order valence-electron chi connectivity index (χ0n) is 39.1. The monoisotopic (exact) mass is 825 g/mol. The lowest BCUT2D eigenvalue weighted by atomic mass is 9.89. The van der Waals surface area contributed by atoms with Crippen LogP contribution in [0.25, 0.3) is 0 Å². The molecule has 0 aromatic rings. The average molecular weight is 825 g/mol. The summed E-state index contributed by atoms with van der Waals surface area (Å²) in [6.45, 7) is 30.1. The van der Waals surface area contributed by atoms with Gasteiger partial charge in [0.25, 0.3) is 11.9 Å². The second-order valence-electron chi connectivity index (χ2n) is 14.0. The maximum atomic E-state index is 6.68. The number of hydrogen-bond acceptors (Lipinski definition) is 12. The highest BCUT2D eigenvalue weighted by Crippen LogP contribution is 2.40. The lowest BCUT2D eigenvalue weighted by Crippen LogP contribution is -2.60. The summed E-state index contributed by atoms with van der Waals surface area (Å²) in [6.07, 6.45) is 12.8. The van der Waals surface area contributed by atoms with E-state index in [1.54, 1.807) is 0 Å². The predicted molar refractivity (Wildman–Crippen MR) is 227 cm³/mol. The van der Waals surface area contributed by atoms with Crippen molar-refractivity contribution in [1.29, 1.82) is 0 Å². The molecule has 0 amide bonds. The Hall–Kier alpha value is -0.480. The summed E-state index contributed by atoms with van der Waals surface area (Å²) in [5.74, 6) is -4.10. The van der Waals surface area contributed by atoms with Crippen LogP contribution in [0, 0.1) is 0 Å². The van der Waals surface area contributed by atoms with Crippen LogP contribution in [0.15, 0.2) is 0 Å². The smallest absolute Gasteiger partial charge is 0.282 e. The fraction of sp³-hybridized carbons (Fsp3) is 1.00. The largest absolute Gasteiger partial charge is 0.373 e. The van der Waals surface area contributed by atoms with Crippen molar-refractivity contribution in [3.05, 3.63) is 0 Å². The number of rotatable bonds is 44. The Morgan fingerprint density at radius 3 is 0.772 bits per heavy atom. The van der Waals surface area contributed by atoms with Gasteiger partial charge in [-0.05, 0) is 109 Å². The van der Waals surface area contributed by atoms with E-state index in [2.05, 4.69) is 0 Å². The van der Waals surface area contributed by atoms with Crippen molar-refractivity contribution in [2.75, 3.05) is 79.3 Å². The van der Waals surface area contributed by atoms with Crippen molar-refractivity contribution in [3.63, 3.8) is 0 Å². The second-order valence-corrected chi connectivity index (χ2v) is 14.0. The van der Waals surface area contributed by atoms with Gasteiger partial charge in [-0.2, -0.15) is 0 Å². The highest BCUT2D eigenvalue weighted by Gasteiger charge is 2.53. The van der Waals surface area contributed by atoms with Crippen molar-refractivity contribution in [2.45, 2.75) is 215 Å². The predicted octanol–water partition coefficient (Wildman–Crippen LogP) is 10.7. The minimum Gasteiger partial charge on any atom is -0.373 e. The van der Waals surface area contributed by atoms with Crippen LogP contribution in [0.4, 0.5) is 0 Å². The molecule has 0 aliphatic rings. The van der Waals surface area contributed by atoms with Crippen LogP contribution in [0.3, 0.4) is 0 Å². The van der Waals surface area contributed by atoms with Gasteiger partial charge in [0.05, 0.1) is 6.42 Å². The maximum Gasteiger partial charge on any atom is 0.282 e. The molecule has 57 heavy (non-hydrogen) atoms.